The van der Waals surface area contributed by atoms with Gasteiger partial charge in [0.2, 0.25) is 0 Å². The van der Waals surface area contributed by atoms with Gasteiger partial charge in [0.1, 0.15) is 11.5 Å². The van der Waals surface area contributed by atoms with Gasteiger partial charge in [0.15, 0.2) is 0 Å². The van der Waals surface area contributed by atoms with E-state index in [0.717, 1.165) is 21.6 Å². The second-order valence-electron chi connectivity index (χ2n) is 5.91. The van der Waals surface area contributed by atoms with E-state index in [-0.39, 0.29) is 11.2 Å². The lowest BCUT2D eigenvalue weighted by Crippen LogP contribution is -2.37. The fraction of sp³-hybridized carbons (Fsp3) is 0.278. The minimum absolute atomic E-state index is 0.292. The minimum atomic E-state index is -0.315. The van der Waals surface area contributed by atoms with Crippen molar-refractivity contribution in [3.8, 4) is 11.3 Å². The average Bonchev–Trinajstić information content (AvgIpc) is 3.07. The zero-order valence-electron chi connectivity index (χ0n) is 14.4. The van der Waals surface area contributed by atoms with E-state index in [1.807, 2.05) is 37.3 Å². The molecule has 3 rings (SSSR count). The van der Waals surface area contributed by atoms with E-state index in [0.29, 0.717) is 17.2 Å². The first-order valence-electron chi connectivity index (χ1n) is 7.82. The number of rotatable bonds is 5. The molecule has 130 valence electrons. The maximum atomic E-state index is 11.9. The van der Waals surface area contributed by atoms with Crippen LogP contribution in [0.1, 0.15) is 17.0 Å². The molecule has 25 heavy (non-hydrogen) atoms. The molecule has 0 aliphatic carbocycles. The van der Waals surface area contributed by atoms with Crippen molar-refractivity contribution < 1.29 is 4.52 Å². The molecule has 0 amide bonds. The normalized spacial score (nSPS) is 11.0. The quantitative estimate of drug-likeness (QED) is 0.702. The molecule has 0 aliphatic rings. The molecule has 0 saturated heterocycles. The van der Waals surface area contributed by atoms with Crippen molar-refractivity contribution in [1.82, 2.24) is 14.3 Å². The highest BCUT2D eigenvalue weighted by Gasteiger charge is 2.09. The molecule has 0 aliphatic heterocycles. The van der Waals surface area contributed by atoms with Crippen LogP contribution in [0.4, 0.5) is 0 Å². The Kier molecular flexibility index (Phi) is 4.94. The SMILES string of the molecule is Cc1ccc(-c2cc(CSCc3cc(=O)n(C)c(=O)n3C)on2)cc1. The summed E-state index contributed by atoms with van der Waals surface area (Å²) >= 11 is 1.57. The summed E-state index contributed by atoms with van der Waals surface area (Å²) in [6, 6.07) is 11.5. The number of hydrogen-bond acceptors (Lipinski definition) is 5. The largest absolute Gasteiger partial charge is 0.360 e. The third-order valence-electron chi connectivity index (χ3n) is 4.03. The Morgan fingerprint density at radius 3 is 2.48 bits per heavy atom. The summed E-state index contributed by atoms with van der Waals surface area (Å²) in [5.74, 6) is 1.92. The van der Waals surface area contributed by atoms with E-state index in [2.05, 4.69) is 5.16 Å². The second-order valence-corrected chi connectivity index (χ2v) is 6.90. The number of thioether (sulfide) groups is 1. The average molecular weight is 357 g/mol. The van der Waals surface area contributed by atoms with Gasteiger partial charge in [-0.15, -0.1) is 11.8 Å². The number of aryl methyl sites for hydroxylation is 1. The van der Waals surface area contributed by atoms with Crippen LogP contribution in [0.2, 0.25) is 0 Å². The topological polar surface area (TPSA) is 70.0 Å². The molecule has 6 nitrogen and oxygen atoms in total. The van der Waals surface area contributed by atoms with Gasteiger partial charge in [-0.05, 0) is 6.92 Å². The molecular weight excluding hydrogens is 338 g/mol. The zero-order valence-corrected chi connectivity index (χ0v) is 15.2. The first-order chi connectivity index (χ1) is 12.0. The summed E-state index contributed by atoms with van der Waals surface area (Å²) in [5, 5.41) is 4.10. The van der Waals surface area contributed by atoms with Crippen LogP contribution in [0.3, 0.4) is 0 Å². The molecule has 0 saturated carbocycles. The standard InChI is InChI=1S/C18H19N3O3S/c1-12-4-6-13(7-5-12)16-9-15(24-19-16)11-25-10-14-8-17(22)21(3)18(23)20(14)2/h4-9H,10-11H2,1-3H3. The van der Waals surface area contributed by atoms with Gasteiger partial charge < -0.3 is 4.52 Å². The Hall–Kier alpha value is -2.54. The van der Waals surface area contributed by atoms with Crippen LogP contribution < -0.4 is 11.2 Å². The highest BCUT2D eigenvalue weighted by molar-refractivity contribution is 7.97. The predicted molar refractivity (Wildman–Crippen MR) is 98.6 cm³/mol. The minimum Gasteiger partial charge on any atom is -0.360 e. The molecule has 0 radical (unpaired) electrons. The van der Waals surface area contributed by atoms with Gasteiger partial charge in [-0.3, -0.25) is 13.9 Å². The van der Waals surface area contributed by atoms with Gasteiger partial charge in [-0.1, -0.05) is 35.0 Å². The molecule has 0 N–H and O–H groups in total. The van der Waals surface area contributed by atoms with E-state index in [1.54, 1.807) is 18.8 Å². The Balaban J connectivity index is 1.67. The van der Waals surface area contributed by atoms with Gasteiger partial charge in [0, 0.05) is 43.2 Å². The highest BCUT2D eigenvalue weighted by Crippen LogP contribution is 2.23. The molecule has 2 aromatic heterocycles. The molecule has 1 aromatic carbocycles. The third-order valence-corrected chi connectivity index (χ3v) is 5.01. The summed E-state index contributed by atoms with van der Waals surface area (Å²) in [6.45, 7) is 2.04. The number of hydrogen-bond donors (Lipinski definition) is 0. The predicted octanol–water partition coefficient (Wildman–Crippen LogP) is 2.48. The van der Waals surface area contributed by atoms with Gasteiger partial charge >= 0.3 is 5.69 Å². The molecule has 0 unspecified atom stereocenters. The van der Waals surface area contributed by atoms with E-state index < -0.39 is 0 Å². The summed E-state index contributed by atoms with van der Waals surface area (Å²) in [6.07, 6.45) is 0. The molecule has 2 heterocycles. The van der Waals surface area contributed by atoms with E-state index in [4.69, 9.17) is 4.52 Å². The van der Waals surface area contributed by atoms with Crippen molar-refractivity contribution >= 4 is 11.8 Å². The first-order valence-corrected chi connectivity index (χ1v) is 8.97. The smallest absolute Gasteiger partial charge is 0.330 e. The lowest BCUT2D eigenvalue weighted by Gasteiger charge is -2.08. The van der Waals surface area contributed by atoms with Gasteiger partial charge in [-0.25, -0.2) is 4.79 Å². The van der Waals surface area contributed by atoms with E-state index in [9.17, 15) is 9.59 Å². The Morgan fingerprint density at radius 1 is 1.04 bits per heavy atom. The maximum Gasteiger partial charge on any atom is 0.330 e. The number of benzene rings is 1. The zero-order chi connectivity index (χ0) is 18.0. The molecular formula is C18H19N3O3S. The lowest BCUT2D eigenvalue weighted by molar-refractivity contribution is 0.397. The van der Waals surface area contributed by atoms with Gasteiger partial charge in [-0.2, -0.15) is 0 Å². The Labute approximate surface area is 149 Å². The van der Waals surface area contributed by atoms with Crippen molar-refractivity contribution in [2.45, 2.75) is 18.4 Å². The maximum absolute atomic E-state index is 11.9. The molecule has 7 heteroatoms. The monoisotopic (exact) mass is 357 g/mol. The summed E-state index contributed by atoms with van der Waals surface area (Å²) < 4.78 is 7.97. The molecule has 3 aromatic rings. The van der Waals surface area contributed by atoms with E-state index in [1.165, 1.54) is 23.2 Å². The van der Waals surface area contributed by atoms with Crippen molar-refractivity contribution in [2.24, 2.45) is 14.1 Å². The lowest BCUT2D eigenvalue weighted by atomic mass is 10.1. The third kappa shape index (κ3) is 3.76. The molecule has 0 atom stereocenters. The van der Waals surface area contributed by atoms with Crippen molar-refractivity contribution in [3.05, 3.63) is 74.3 Å². The van der Waals surface area contributed by atoms with Crippen LogP contribution in [0.15, 0.2) is 50.5 Å². The first kappa shape index (κ1) is 17.3. The van der Waals surface area contributed by atoms with Crippen LogP contribution in [0, 0.1) is 6.92 Å². The fourth-order valence-electron chi connectivity index (χ4n) is 2.41. The second kappa shape index (κ2) is 7.14. The van der Waals surface area contributed by atoms with Crippen molar-refractivity contribution in [2.75, 3.05) is 0 Å². The molecule has 0 fully saturated rings. The number of aromatic nitrogens is 3. The molecule has 0 spiro atoms. The van der Waals surface area contributed by atoms with Crippen molar-refractivity contribution in [1.29, 1.82) is 0 Å². The highest BCUT2D eigenvalue weighted by atomic mass is 32.2. The van der Waals surface area contributed by atoms with Crippen LogP contribution in [-0.2, 0) is 25.6 Å². The summed E-state index contributed by atoms with van der Waals surface area (Å²) in [4.78, 5) is 23.7. The summed E-state index contributed by atoms with van der Waals surface area (Å²) in [5.41, 5.74) is 3.10. The van der Waals surface area contributed by atoms with Crippen molar-refractivity contribution in [3.63, 3.8) is 0 Å². The molecule has 0 bridgehead atoms. The Bertz CT molecular complexity index is 1000. The van der Waals surface area contributed by atoms with Crippen LogP contribution in [0.5, 0.6) is 0 Å². The fourth-order valence-corrected chi connectivity index (χ4v) is 3.34. The summed E-state index contributed by atoms with van der Waals surface area (Å²) in [7, 11) is 3.14. The van der Waals surface area contributed by atoms with Crippen LogP contribution in [0.25, 0.3) is 11.3 Å². The van der Waals surface area contributed by atoms with Crippen LogP contribution in [-0.4, -0.2) is 14.3 Å². The van der Waals surface area contributed by atoms with Gasteiger partial charge in [0.05, 0.1) is 5.75 Å². The Morgan fingerprint density at radius 2 is 1.76 bits per heavy atom. The van der Waals surface area contributed by atoms with E-state index >= 15 is 0 Å². The van der Waals surface area contributed by atoms with Crippen LogP contribution >= 0.6 is 11.8 Å². The van der Waals surface area contributed by atoms with Gasteiger partial charge in [0.25, 0.3) is 5.56 Å². The number of nitrogens with zero attached hydrogens (tertiary/aromatic N) is 3.